The van der Waals surface area contributed by atoms with Gasteiger partial charge in [0.25, 0.3) is 11.5 Å². The van der Waals surface area contributed by atoms with Crippen molar-refractivity contribution < 1.29 is 4.79 Å². The van der Waals surface area contributed by atoms with E-state index in [1.54, 1.807) is 0 Å². The molecule has 1 rings (SSSR count). The number of rotatable bonds is 7. The topological polar surface area (TPSA) is 67.2 Å². The van der Waals surface area contributed by atoms with Crippen molar-refractivity contribution in [3.05, 3.63) is 28.2 Å². The summed E-state index contributed by atoms with van der Waals surface area (Å²) in [6.45, 7) is 4.01. The molecular formula is C13H22N4O2. The fourth-order valence-electron chi connectivity index (χ4n) is 1.63. The Morgan fingerprint density at radius 2 is 2.16 bits per heavy atom. The molecular weight excluding hydrogens is 244 g/mol. The molecule has 0 aromatic carbocycles. The van der Waals surface area contributed by atoms with Crippen LogP contribution in [0.5, 0.6) is 0 Å². The van der Waals surface area contributed by atoms with Gasteiger partial charge in [0.05, 0.1) is 0 Å². The molecule has 0 aliphatic rings. The zero-order chi connectivity index (χ0) is 14.3. The van der Waals surface area contributed by atoms with Crippen LogP contribution in [0.4, 0.5) is 0 Å². The third-order valence-corrected chi connectivity index (χ3v) is 2.60. The van der Waals surface area contributed by atoms with E-state index in [1.807, 2.05) is 21.0 Å². The van der Waals surface area contributed by atoms with E-state index in [2.05, 4.69) is 15.3 Å². The molecule has 0 saturated heterocycles. The van der Waals surface area contributed by atoms with Crippen LogP contribution in [0.15, 0.2) is 16.9 Å². The second kappa shape index (κ2) is 7.68. The summed E-state index contributed by atoms with van der Waals surface area (Å²) in [5.74, 6) is -0.233. The SMILES string of the molecule is CCCn1nc(C(=O)NCCCN(C)C)ccc1=O. The van der Waals surface area contributed by atoms with Crippen molar-refractivity contribution in [2.24, 2.45) is 0 Å². The summed E-state index contributed by atoms with van der Waals surface area (Å²) in [5.41, 5.74) is 0.115. The number of carbonyl (C=O) groups is 1. The second-order valence-corrected chi connectivity index (χ2v) is 4.69. The lowest BCUT2D eigenvalue weighted by Gasteiger charge is -2.10. The lowest BCUT2D eigenvalue weighted by molar-refractivity contribution is 0.0944. The Labute approximate surface area is 113 Å². The van der Waals surface area contributed by atoms with E-state index < -0.39 is 0 Å². The number of aromatic nitrogens is 2. The number of nitrogens with zero attached hydrogens (tertiary/aromatic N) is 3. The third-order valence-electron chi connectivity index (χ3n) is 2.60. The van der Waals surface area contributed by atoms with Crippen molar-refractivity contribution in [1.82, 2.24) is 20.0 Å². The first-order valence-electron chi connectivity index (χ1n) is 6.55. The van der Waals surface area contributed by atoms with Gasteiger partial charge in [-0.3, -0.25) is 9.59 Å². The number of nitrogens with one attached hydrogen (secondary N) is 1. The normalized spacial score (nSPS) is 10.7. The largest absolute Gasteiger partial charge is 0.351 e. The molecule has 0 fully saturated rings. The van der Waals surface area contributed by atoms with E-state index in [1.165, 1.54) is 16.8 Å². The maximum Gasteiger partial charge on any atom is 0.271 e. The van der Waals surface area contributed by atoms with Crippen LogP contribution in [0.3, 0.4) is 0 Å². The van der Waals surface area contributed by atoms with Crippen molar-refractivity contribution in [2.45, 2.75) is 26.3 Å². The zero-order valence-electron chi connectivity index (χ0n) is 11.8. The van der Waals surface area contributed by atoms with Crippen LogP contribution < -0.4 is 10.9 Å². The number of amides is 1. The van der Waals surface area contributed by atoms with Gasteiger partial charge in [-0.1, -0.05) is 6.92 Å². The van der Waals surface area contributed by atoms with Gasteiger partial charge >= 0.3 is 0 Å². The second-order valence-electron chi connectivity index (χ2n) is 4.69. The van der Waals surface area contributed by atoms with Gasteiger partial charge in [-0.2, -0.15) is 5.10 Å². The molecule has 19 heavy (non-hydrogen) atoms. The van der Waals surface area contributed by atoms with Crippen LogP contribution in [-0.2, 0) is 6.54 Å². The molecule has 0 spiro atoms. The smallest absolute Gasteiger partial charge is 0.271 e. The molecule has 1 heterocycles. The van der Waals surface area contributed by atoms with E-state index in [9.17, 15) is 9.59 Å². The molecule has 0 aliphatic heterocycles. The monoisotopic (exact) mass is 266 g/mol. The minimum atomic E-state index is -0.233. The van der Waals surface area contributed by atoms with Crippen molar-refractivity contribution in [3.8, 4) is 0 Å². The molecule has 0 bridgehead atoms. The molecule has 0 atom stereocenters. The third kappa shape index (κ3) is 5.21. The van der Waals surface area contributed by atoms with Gasteiger partial charge in [0.2, 0.25) is 0 Å². The Kier molecular flexibility index (Phi) is 6.21. The van der Waals surface area contributed by atoms with Crippen LogP contribution in [0.1, 0.15) is 30.3 Å². The highest BCUT2D eigenvalue weighted by molar-refractivity contribution is 5.91. The summed E-state index contributed by atoms with van der Waals surface area (Å²) < 4.78 is 1.33. The van der Waals surface area contributed by atoms with Crippen molar-refractivity contribution in [3.63, 3.8) is 0 Å². The fraction of sp³-hybridized carbons (Fsp3) is 0.615. The predicted molar refractivity (Wildman–Crippen MR) is 74.3 cm³/mol. The first kappa shape index (κ1) is 15.4. The van der Waals surface area contributed by atoms with E-state index in [-0.39, 0.29) is 17.2 Å². The Morgan fingerprint density at radius 3 is 2.79 bits per heavy atom. The lowest BCUT2D eigenvalue weighted by Crippen LogP contribution is -2.31. The zero-order valence-corrected chi connectivity index (χ0v) is 11.8. The van der Waals surface area contributed by atoms with E-state index >= 15 is 0 Å². The average molecular weight is 266 g/mol. The first-order valence-corrected chi connectivity index (χ1v) is 6.55. The van der Waals surface area contributed by atoms with Crippen molar-refractivity contribution >= 4 is 5.91 Å². The Balaban J connectivity index is 2.57. The first-order chi connectivity index (χ1) is 9.04. The molecule has 0 unspecified atom stereocenters. The molecule has 1 N–H and O–H groups in total. The molecule has 0 saturated carbocycles. The van der Waals surface area contributed by atoms with E-state index in [4.69, 9.17) is 0 Å². The number of hydrogen-bond acceptors (Lipinski definition) is 4. The highest BCUT2D eigenvalue weighted by Gasteiger charge is 2.08. The van der Waals surface area contributed by atoms with Gasteiger partial charge in [-0.25, -0.2) is 4.68 Å². The summed E-state index contributed by atoms with van der Waals surface area (Å²) in [6.07, 6.45) is 1.69. The van der Waals surface area contributed by atoms with Gasteiger partial charge in [0.15, 0.2) is 0 Å². The molecule has 1 aromatic rings. The predicted octanol–water partition coefficient (Wildman–Crippen LogP) is 0.335. The molecule has 6 heteroatoms. The molecule has 0 radical (unpaired) electrons. The highest BCUT2D eigenvalue weighted by atomic mass is 16.2. The summed E-state index contributed by atoms with van der Waals surface area (Å²) in [4.78, 5) is 25.4. The Morgan fingerprint density at radius 1 is 1.42 bits per heavy atom. The number of carbonyl (C=O) groups excluding carboxylic acids is 1. The van der Waals surface area contributed by atoms with Crippen LogP contribution in [-0.4, -0.2) is 47.8 Å². The summed E-state index contributed by atoms with van der Waals surface area (Å²) in [5, 5.41) is 6.86. The minimum Gasteiger partial charge on any atom is -0.351 e. The summed E-state index contributed by atoms with van der Waals surface area (Å²) in [7, 11) is 3.98. The summed E-state index contributed by atoms with van der Waals surface area (Å²) >= 11 is 0. The molecule has 6 nitrogen and oxygen atoms in total. The molecule has 1 aromatic heterocycles. The van der Waals surface area contributed by atoms with Crippen LogP contribution >= 0.6 is 0 Å². The van der Waals surface area contributed by atoms with Crippen molar-refractivity contribution in [2.75, 3.05) is 27.2 Å². The van der Waals surface area contributed by atoms with Crippen LogP contribution in [0.2, 0.25) is 0 Å². The average Bonchev–Trinajstić information content (AvgIpc) is 2.37. The Bertz CT molecular complexity index is 468. The van der Waals surface area contributed by atoms with Gasteiger partial charge in [0, 0.05) is 19.2 Å². The lowest BCUT2D eigenvalue weighted by atomic mass is 10.3. The Hall–Kier alpha value is -1.69. The number of aryl methyl sites for hydroxylation is 1. The quantitative estimate of drug-likeness (QED) is 0.722. The van der Waals surface area contributed by atoms with Crippen LogP contribution in [0, 0.1) is 0 Å². The van der Waals surface area contributed by atoms with Gasteiger partial charge < -0.3 is 10.2 Å². The highest BCUT2D eigenvalue weighted by Crippen LogP contribution is 1.92. The van der Waals surface area contributed by atoms with Crippen LogP contribution in [0.25, 0.3) is 0 Å². The molecule has 106 valence electrons. The maximum atomic E-state index is 11.9. The van der Waals surface area contributed by atoms with Gasteiger partial charge in [-0.05, 0) is 39.5 Å². The van der Waals surface area contributed by atoms with Crippen molar-refractivity contribution in [1.29, 1.82) is 0 Å². The minimum absolute atomic E-state index is 0.175. The van der Waals surface area contributed by atoms with Gasteiger partial charge in [-0.15, -0.1) is 0 Å². The number of hydrogen-bond donors (Lipinski definition) is 1. The van der Waals surface area contributed by atoms with E-state index in [0.717, 1.165) is 19.4 Å². The molecule has 1 amide bonds. The van der Waals surface area contributed by atoms with Gasteiger partial charge in [0.1, 0.15) is 5.69 Å². The fourth-order valence-corrected chi connectivity index (χ4v) is 1.63. The maximum absolute atomic E-state index is 11.9. The standard InChI is InChI=1S/C13H22N4O2/c1-4-9-17-12(18)7-6-11(15-17)13(19)14-8-5-10-16(2)3/h6-7H,4-5,8-10H2,1-3H3,(H,14,19). The van der Waals surface area contributed by atoms with E-state index in [0.29, 0.717) is 13.1 Å². The summed E-state index contributed by atoms with van der Waals surface area (Å²) in [6, 6.07) is 2.85. The molecule has 0 aliphatic carbocycles.